The molecule has 1 heterocycles. The van der Waals surface area contributed by atoms with Gasteiger partial charge >= 0.3 is 0 Å². The van der Waals surface area contributed by atoms with E-state index in [1.165, 1.54) is 17.0 Å². The van der Waals surface area contributed by atoms with E-state index in [2.05, 4.69) is 27.4 Å². The minimum atomic E-state index is -0.231. The third-order valence-electron chi connectivity index (χ3n) is 2.35. The topological polar surface area (TPSA) is 9.23 Å². The standard InChI is InChI=1S/C13H12BrFOS/c14-9-10-8-11(15)3-4-13(10)16-6-5-12-2-1-7-17-12/h1-4,7-8H,5-6,9H2. The van der Waals surface area contributed by atoms with Gasteiger partial charge in [0.1, 0.15) is 11.6 Å². The number of halogens is 2. The maximum Gasteiger partial charge on any atom is 0.123 e. The summed E-state index contributed by atoms with van der Waals surface area (Å²) in [6.45, 7) is 0.617. The molecule has 0 amide bonds. The zero-order chi connectivity index (χ0) is 12.1. The highest BCUT2D eigenvalue weighted by molar-refractivity contribution is 9.08. The van der Waals surface area contributed by atoms with Crippen LogP contribution in [0.15, 0.2) is 35.7 Å². The minimum Gasteiger partial charge on any atom is -0.493 e. The Morgan fingerprint density at radius 1 is 1.29 bits per heavy atom. The molecule has 0 spiro atoms. The van der Waals surface area contributed by atoms with Crippen LogP contribution in [0.5, 0.6) is 5.75 Å². The molecule has 0 unspecified atom stereocenters. The third-order valence-corrected chi connectivity index (χ3v) is 3.89. The second-order valence-corrected chi connectivity index (χ2v) is 5.16. The molecule has 0 aliphatic carbocycles. The summed E-state index contributed by atoms with van der Waals surface area (Å²) in [5.41, 5.74) is 0.844. The van der Waals surface area contributed by atoms with Gasteiger partial charge in [0.25, 0.3) is 0 Å². The van der Waals surface area contributed by atoms with Crippen molar-refractivity contribution < 1.29 is 9.13 Å². The molecule has 0 fully saturated rings. The number of rotatable bonds is 5. The monoisotopic (exact) mass is 314 g/mol. The van der Waals surface area contributed by atoms with Crippen LogP contribution in [-0.2, 0) is 11.8 Å². The van der Waals surface area contributed by atoms with Crippen molar-refractivity contribution >= 4 is 27.3 Å². The Labute approximate surface area is 112 Å². The van der Waals surface area contributed by atoms with E-state index in [4.69, 9.17) is 4.74 Å². The smallest absolute Gasteiger partial charge is 0.123 e. The Balaban J connectivity index is 1.94. The minimum absolute atomic E-state index is 0.231. The Hall–Kier alpha value is -0.870. The van der Waals surface area contributed by atoms with Crippen LogP contribution < -0.4 is 4.74 Å². The second-order valence-electron chi connectivity index (χ2n) is 3.56. The Kier molecular flexibility index (Phi) is 4.57. The van der Waals surface area contributed by atoms with E-state index in [9.17, 15) is 4.39 Å². The molecule has 4 heteroatoms. The summed E-state index contributed by atoms with van der Waals surface area (Å²) in [6.07, 6.45) is 0.886. The summed E-state index contributed by atoms with van der Waals surface area (Å²) in [4.78, 5) is 1.30. The fourth-order valence-corrected chi connectivity index (χ4v) is 2.64. The fourth-order valence-electron chi connectivity index (χ4n) is 1.51. The van der Waals surface area contributed by atoms with Crippen molar-refractivity contribution in [2.24, 2.45) is 0 Å². The van der Waals surface area contributed by atoms with Crippen LogP contribution in [-0.4, -0.2) is 6.61 Å². The summed E-state index contributed by atoms with van der Waals surface area (Å²) >= 11 is 5.05. The first kappa shape index (κ1) is 12.6. The molecular weight excluding hydrogens is 303 g/mol. The van der Waals surface area contributed by atoms with Crippen LogP contribution in [0, 0.1) is 5.82 Å². The number of benzene rings is 1. The lowest BCUT2D eigenvalue weighted by atomic mass is 10.2. The van der Waals surface area contributed by atoms with Crippen molar-refractivity contribution in [1.29, 1.82) is 0 Å². The van der Waals surface area contributed by atoms with E-state index in [0.29, 0.717) is 11.9 Å². The van der Waals surface area contributed by atoms with Gasteiger partial charge in [-0.25, -0.2) is 4.39 Å². The predicted molar refractivity (Wildman–Crippen MR) is 72.5 cm³/mol. The molecule has 0 saturated heterocycles. The van der Waals surface area contributed by atoms with E-state index < -0.39 is 0 Å². The van der Waals surface area contributed by atoms with Crippen LogP contribution in [0.2, 0.25) is 0 Å². The lowest BCUT2D eigenvalue weighted by Gasteiger charge is -2.09. The molecule has 0 bridgehead atoms. The van der Waals surface area contributed by atoms with E-state index >= 15 is 0 Å². The molecule has 0 aliphatic rings. The average molecular weight is 315 g/mol. The van der Waals surface area contributed by atoms with Crippen LogP contribution in [0.4, 0.5) is 4.39 Å². The number of thiophene rings is 1. The zero-order valence-electron chi connectivity index (χ0n) is 9.16. The Bertz CT molecular complexity index is 470. The second kappa shape index (κ2) is 6.17. The molecule has 0 saturated carbocycles. The molecule has 0 N–H and O–H groups in total. The van der Waals surface area contributed by atoms with Gasteiger partial charge in [-0.2, -0.15) is 0 Å². The summed E-state index contributed by atoms with van der Waals surface area (Å²) in [6, 6.07) is 8.72. The maximum absolute atomic E-state index is 13.0. The van der Waals surface area contributed by atoms with Crippen LogP contribution in [0.3, 0.4) is 0 Å². The SMILES string of the molecule is Fc1ccc(OCCc2cccs2)c(CBr)c1. The lowest BCUT2D eigenvalue weighted by Crippen LogP contribution is -2.02. The van der Waals surface area contributed by atoms with E-state index in [0.717, 1.165) is 17.7 Å². The van der Waals surface area contributed by atoms with Crippen molar-refractivity contribution in [3.8, 4) is 5.75 Å². The largest absolute Gasteiger partial charge is 0.493 e. The molecule has 2 aromatic rings. The van der Waals surface area contributed by atoms with Crippen molar-refractivity contribution in [2.75, 3.05) is 6.61 Å². The Morgan fingerprint density at radius 2 is 2.18 bits per heavy atom. The molecular formula is C13H12BrFOS. The predicted octanol–water partition coefficient (Wildman–Crippen LogP) is 4.40. The molecule has 0 atom stereocenters. The highest BCUT2D eigenvalue weighted by atomic mass is 79.9. The van der Waals surface area contributed by atoms with Gasteiger partial charge in [0.2, 0.25) is 0 Å². The van der Waals surface area contributed by atoms with Gasteiger partial charge in [-0.1, -0.05) is 22.0 Å². The van der Waals surface area contributed by atoms with Gasteiger partial charge < -0.3 is 4.74 Å². The molecule has 2 rings (SSSR count). The first-order valence-electron chi connectivity index (χ1n) is 5.29. The fraction of sp³-hybridized carbons (Fsp3) is 0.231. The molecule has 1 nitrogen and oxygen atoms in total. The van der Waals surface area contributed by atoms with Crippen molar-refractivity contribution in [3.63, 3.8) is 0 Å². The normalized spacial score (nSPS) is 10.5. The third kappa shape index (κ3) is 3.54. The lowest BCUT2D eigenvalue weighted by molar-refractivity contribution is 0.320. The Morgan fingerprint density at radius 3 is 2.88 bits per heavy atom. The van der Waals surface area contributed by atoms with Gasteiger partial charge in [0.05, 0.1) is 6.61 Å². The van der Waals surface area contributed by atoms with Crippen molar-refractivity contribution in [2.45, 2.75) is 11.8 Å². The maximum atomic E-state index is 13.0. The highest BCUT2D eigenvalue weighted by Gasteiger charge is 2.04. The highest BCUT2D eigenvalue weighted by Crippen LogP contribution is 2.22. The van der Waals surface area contributed by atoms with Crippen molar-refractivity contribution in [3.05, 3.63) is 52.0 Å². The molecule has 1 aromatic carbocycles. The van der Waals surface area contributed by atoms with Crippen LogP contribution in [0.1, 0.15) is 10.4 Å². The van der Waals surface area contributed by atoms with E-state index in [1.54, 1.807) is 17.4 Å². The first-order valence-corrected chi connectivity index (χ1v) is 7.29. The van der Waals surface area contributed by atoms with Gasteiger partial charge in [0, 0.05) is 22.2 Å². The zero-order valence-corrected chi connectivity index (χ0v) is 11.6. The van der Waals surface area contributed by atoms with Gasteiger partial charge in [-0.15, -0.1) is 11.3 Å². The van der Waals surface area contributed by atoms with Gasteiger partial charge in [-0.3, -0.25) is 0 Å². The van der Waals surface area contributed by atoms with Crippen LogP contribution in [0.25, 0.3) is 0 Å². The van der Waals surface area contributed by atoms with Crippen LogP contribution >= 0.6 is 27.3 Å². The van der Waals surface area contributed by atoms with Gasteiger partial charge in [0.15, 0.2) is 0 Å². The number of hydrogen-bond donors (Lipinski definition) is 0. The molecule has 0 aliphatic heterocycles. The summed E-state index contributed by atoms with van der Waals surface area (Å²) in [5.74, 6) is 0.518. The summed E-state index contributed by atoms with van der Waals surface area (Å²) in [5, 5.41) is 2.65. The van der Waals surface area contributed by atoms with E-state index in [-0.39, 0.29) is 5.82 Å². The molecule has 1 aromatic heterocycles. The summed E-state index contributed by atoms with van der Waals surface area (Å²) < 4.78 is 18.7. The first-order chi connectivity index (χ1) is 8.29. The molecule has 0 radical (unpaired) electrons. The van der Waals surface area contributed by atoms with Crippen molar-refractivity contribution in [1.82, 2.24) is 0 Å². The molecule has 90 valence electrons. The number of alkyl halides is 1. The van der Waals surface area contributed by atoms with E-state index in [1.807, 2.05) is 6.07 Å². The average Bonchev–Trinajstić information content (AvgIpc) is 2.84. The van der Waals surface area contributed by atoms with Gasteiger partial charge in [-0.05, 0) is 29.6 Å². The number of hydrogen-bond acceptors (Lipinski definition) is 2. The summed E-state index contributed by atoms with van der Waals surface area (Å²) in [7, 11) is 0. The number of ether oxygens (including phenoxy) is 1. The molecule has 17 heavy (non-hydrogen) atoms. The quantitative estimate of drug-likeness (QED) is 0.743.